The normalized spacial score (nSPS) is 26.2. The Hall–Kier alpha value is -0.290. The Balaban J connectivity index is 2.42. The van der Waals surface area contributed by atoms with E-state index in [1.807, 2.05) is 13.8 Å². The van der Waals surface area contributed by atoms with Crippen LogP contribution in [-0.4, -0.2) is 42.3 Å². The fraction of sp³-hybridized carbons (Fsp3) is 1.00. The topological polar surface area (TPSA) is 15.3 Å². The molecule has 0 bridgehead atoms. The molecule has 2 atom stereocenters. The minimum Gasteiger partial charge on any atom is -0.310 e. The average Bonchev–Trinajstić information content (AvgIpc) is 2.48. The zero-order valence-corrected chi connectivity index (χ0v) is 9.43. The Bertz CT molecular complexity index is 203. The van der Waals surface area contributed by atoms with Gasteiger partial charge in [0.15, 0.2) is 0 Å². The molecule has 1 fully saturated rings. The molecule has 2 unspecified atom stereocenters. The summed E-state index contributed by atoms with van der Waals surface area (Å²) in [7, 11) is 0. The second-order valence-electron chi connectivity index (χ2n) is 4.52. The number of rotatable bonds is 3. The van der Waals surface area contributed by atoms with Crippen LogP contribution in [-0.2, 0) is 0 Å². The molecule has 90 valence electrons. The van der Waals surface area contributed by atoms with E-state index in [2.05, 4.69) is 5.32 Å². The largest absolute Gasteiger partial charge is 0.403 e. The Morgan fingerprint density at radius 1 is 1.27 bits per heavy atom. The third-order valence-electron chi connectivity index (χ3n) is 2.81. The van der Waals surface area contributed by atoms with E-state index in [9.17, 15) is 13.2 Å². The maximum absolute atomic E-state index is 12.4. The summed E-state index contributed by atoms with van der Waals surface area (Å²) < 4.78 is 37.3. The zero-order valence-electron chi connectivity index (χ0n) is 9.43. The summed E-state index contributed by atoms with van der Waals surface area (Å²) in [5.74, 6) is 0. The molecule has 15 heavy (non-hydrogen) atoms. The summed E-state index contributed by atoms with van der Waals surface area (Å²) in [5, 5.41) is 3.27. The van der Waals surface area contributed by atoms with Gasteiger partial charge in [-0.25, -0.2) is 0 Å². The molecular weight excluding hydrogens is 205 g/mol. The first kappa shape index (κ1) is 12.8. The lowest BCUT2D eigenvalue weighted by atomic mass is 10.2. The number of halogens is 3. The maximum Gasteiger partial charge on any atom is 0.403 e. The van der Waals surface area contributed by atoms with Crippen LogP contribution in [0.5, 0.6) is 0 Å². The molecule has 0 aromatic heterocycles. The summed E-state index contributed by atoms with van der Waals surface area (Å²) >= 11 is 0. The van der Waals surface area contributed by atoms with Crippen molar-refractivity contribution in [2.45, 2.75) is 51.5 Å². The monoisotopic (exact) mass is 224 g/mol. The van der Waals surface area contributed by atoms with E-state index in [-0.39, 0.29) is 6.04 Å². The Morgan fingerprint density at radius 2 is 1.87 bits per heavy atom. The lowest BCUT2D eigenvalue weighted by molar-refractivity contribution is -0.176. The van der Waals surface area contributed by atoms with Crippen LogP contribution in [0.4, 0.5) is 13.2 Å². The highest BCUT2D eigenvalue weighted by atomic mass is 19.4. The minimum absolute atomic E-state index is 0.204. The molecular formula is C10H19F3N2. The molecule has 0 radical (unpaired) electrons. The first-order chi connectivity index (χ1) is 6.80. The highest BCUT2D eigenvalue weighted by Gasteiger charge is 2.42. The highest BCUT2D eigenvalue weighted by molar-refractivity contribution is 4.87. The van der Waals surface area contributed by atoms with Gasteiger partial charge in [0.1, 0.15) is 6.04 Å². The number of likely N-dealkylation sites (tertiary alicyclic amines) is 1. The van der Waals surface area contributed by atoms with Crippen molar-refractivity contribution in [2.24, 2.45) is 0 Å². The summed E-state index contributed by atoms with van der Waals surface area (Å²) in [6.45, 7) is 6.29. The average molecular weight is 224 g/mol. The van der Waals surface area contributed by atoms with Gasteiger partial charge in [0, 0.05) is 25.2 Å². The van der Waals surface area contributed by atoms with Crippen LogP contribution in [0.2, 0.25) is 0 Å². The van der Waals surface area contributed by atoms with Crippen LogP contribution in [0.15, 0.2) is 0 Å². The van der Waals surface area contributed by atoms with Crippen LogP contribution in [0.3, 0.4) is 0 Å². The van der Waals surface area contributed by atoms with Gasteiger partial charge in [0.25, 0.3) is 0 Å². The van der Waals surface area contributed by atoms with E-state index in [1.54, 1.807) is 0 Å². The minimum atomic E-state index is -4.10. The zero-order chi connectivity index (χ0) is 11.6. The number of nitrogens with one attached hydrogen (secondary N) is 1. The molecule has 0 saturated carbocycles. The number of hydrogen-bond acceptors (Lipinski definition) is 2. The SMILES string of the molecule is CC(C)NC1CCN(C(C)C(F)(F)F)C1. The van der Waals surface area contributed by atoms with E-state index >= 15 is 0 Å². The maximum atomic E-state index is 12.4. The number of hydrogen-bond donors (Lipinski definition) is 1. The van der Waals surface area contributed by atoms with Crippen molar-refractivity contribution < 1.29 is 13.2 Å². The molecule has 2 nitrogen and oxygen atoms in total. The quantitative estimate of drug-likeness (QED) is 0.789. The fourth-order valence-electron chi connectivity index (χ4n) is 1.95. The summed E-state index contributed by atoms with van der Waals surface area (Å²) in [5.41, 5.74) is 0. The first-order valence-corrected chi connectivity index (χ1v) is 5.37. The molecule has 0 aromatic rings. The van der Waals surface area contributed by atoms with Crippen molar-refractivity contribution >= 4 is 0 Å². The van der Waals surface area contributed by atoms with E-state index in [1.165, 1.54) is 11.8 Å². The predicted octanol–water partition coefficient (Wildman–Crippen LogP) is 2.01. The molecule has 1 aliphatic heterocycles. The van der Waals surface area contributed by atoms with Crippen molar-refractivity contribution in [3.63, 3.8) is 0 Å². The van der Waals surface area contributed by atoms with Crippen LogP contribution in [0.1, 0.15) is 27.2 Å². The fourth-order valence-corrected chi connectivity index (χ4v) is 1.95. The van der Waals surface area contributed by atoms with Crippen LogP contribution in [0, 0.1) is 0 Å². The molecule has 0 spiro atoms. The second kappa shape index (κ2) is 4.70. The standard InChI is InChI=1S/C10H19F3N2/c1-7(2)14-9-4-5-15(6-9)8(3)10(11,12)13/h7-9,14H,4-6H2,1-3H3. The van der Waals surface area contributed by atoms with Crippen molar-refractivity contribution in [1.82, 2.24) is 10.2 Å². The van der Waals surface area contributed by atoms with Gasteiger partial charge in [-0.1, -0.05) is 13.8 Å². The van der Waals surface area contributed by atoms with Gasteiger partial charge in [-0.3, -0.25) is 4.90 Å². The van der Waals surface area contributed by atoms with Gasteiger partial charge < -0.3 is 5.32 Å². The third-order valence-corrected chi connectivity index (χ3v) is 2.81. The van der Waals surface area contributed by atoms with Crippen LogP contribution < -0.4 is 5.32 Å². The van der Waals surface area contributed by atoms with Gasteiger partial charge in [-0.15, -0.1) is 0 Å². The van der Waals surface area contributed by atoms with Crippen molar-refractivity contribution in [3.05, 3.63) is 0 Å². The molecule has 1 saturated heterocycles. The van der Waals surface area contributed by atoms with Crippen molar-refractivity contribution in [2.75, 3.05) is 13.1 Å². The Morgan fingerprint density at radius 3 is 2.33 bits per heavy atom. The molecule has 1 aliphatic rings. The summed E-state index contributed by atoms with van der Waals surface area (Å²) in [6.07, 6.45) is -3.30. The number of alkyl halides is 3. The summed E-state index contributed by atoms with van der Waals surface area (Å²) in [4.78, 5) is 1.50. The highest BCUT2D eigenvalue weighted by Crippen LogP contribution is 2.27. The van der Waals surface area contributed by atoms with Crippen LogP contribution >= 0.6 is 0 Å². The van der Waals surface area contributed by atoms with Crippen molar-refractivity contribution in [1.29, 1.82) is 0 Å². The van der Waals surface area contributed by atoms with E-state index < -0.39 is 12.2 Å². The van der Waals surface area contributed by atoms with E-state index in [0.717, 1.165) is 6.42 Å². The van der Waals surface area contributed by atoms with Gasteiger partial charge in [0.2, 0.25) is 0 Å². The molecule has 0 aromatic carbocycles. The van der Waals surface area contributed by atoms with Gasteiger partial charge in [-0.05, 0) is 13.3 Å². The Kier molecular flexibility index (Phi) is 4.00. The molecule has 0 amide bonds. The first-order valence-electron chi connectivity index (χ1n) is 5.37. The van der Waals surface area contributed by atoms with E-state index in [4.69, 9.17) is 0 Å². The third kappa shape index (κ3) is 3.65. The molecule has 5 heteroatoms. The second-order valence-corrected chi connectivity index (χ2v) is 4.52. The summed E-state index contributed by atoms with van der Waals surface area (Å²) in [6, 6.07) is -0.789. The van der Waals surface area contributed by atoms with E-state index in [0.29, 0.717) is 19.1 Å². The molecule has 1 N–H and O–H groups in total. The predicted molar refractivity (Wildman–Crippen MR) is 53.8 cm³/mol. The van der Waals surface area contributed by atoms with Crippen LogP contribution in [0.25, 0.3) is 0 Å². The number of nitrogens with zero attached hydrogens (tertiary/aromatic N) is 1. The van der Waals surface area contributed by atoms with Crippen molar-refractivity contribution in [3.8, 4) is 0 Å². The van der Waals surface area contributed by atoms with Gasteiger partial charge in [-0.2, -0.15) is 13.2 Å². The Labute approximate surface area is 88.8 Å². The lowest BCUT2D eigenvalue weighted by Gasteiger charge is -2.26. The molecule has 0 aliphatic carbocycles. The lowest BCUT2D eigenvalue weighted by Crippen LogP contribution is -2.44. The smallest absolute Gasteiger partial charge is 0.310 e. The van der Waals surface area contributed by atoms with Gasteiger partial charge >= 0.3 is 6.18 Å². The van der Waals surface area contributed by atoms with Gasteiger partial charge in [0.05, 0.1) is 0 Å². The molecule has 1 heterocycles. The molecule has 1 rings (SSSR count).